The lowest BCUT2D eigenvalue weighted by molar-refractivity contribution is -0.896. The maximum absolute atomic E-state index is 12.8. The molecule has 0 spiro atoms. The Morgan fingerprint density at radius 2 is 1.75 bits per heavy atom. The number of piperazine rings is 1. The molecule has 156 valence electrons. The average molecular weight is 412 g/mol. The first-order valence-corrected chi connectivity index (χ1v) is 11.2. The Kier molecular flexibility index (Phi) is 7.97. The number of aryl methyl sites for hydroxylation is 1. The fraction of sp³-hybridized carbons (Fsp3) is 0.579. The molecule has 0 saturated carbocycles. The smallest absolute Gasteiger partial charge is 0.278 e. The van der Waals surface area contributed by atoms with Crippen molar-refractivity contribution in [2.75, 3.05) is 52.4 Å². The minimum Gasteiger partial charge on any atom is -0.355 e. The fourth-order valence-corrected chi connectivity index (χ4v) is 4.65. The Hall–Kier alpha value is -1.97. The molecule has 0 bridgehead atoms. The van der Waals surface area contributed by atoms with Gasteiger partial charge in [-0.25, -0.2) is 8.42 Å². The van der Waals surface area contributed by atoms with Gasteiger partial charge in [-0.3, -0.25) is 9.59 Å². The zero-order valence-corrected chi connectivity index (χ0v) is 17.7. The van der Waals surface area contributed by atoms with E-state index in [-0.39, 0.29) is 24.9 Å². The van der Waals surface area contributed by atoms with Crippen LogP contribution in [0.1, 0.15) is 19.4 Å². The van der Waals surface area contributed by atoms with Gasteiger partial charge in [-0.05, 0) is 32.9 Å². The molecular formula is C19H31N4O4S+. The number of benzene rings is 1. The standard InChI is InChI=1S/C19H30N4O4S/c1-4-20-18(24)14-22(5-2)19(25)15-21-10-12-23(13-11-21)28(26,27)17-8-6-16(3)7-9-17/h6-9H,4-5,10-15H2,1-3H3,(H,20,24)/p+1. The van der Waals surface area contributed by atoms with E-state index in [2.05, 4.69) is 5.32 Å². The lowest BCUT2D eigenvalue weighted by atomic mass is 10.2. The number of carbonyl (C=O) groups is 2. The van der Waals surface area contributed by atoms with E-state index < -0.39 is 10.0 Å². The summed E-state index contributed by atoms with van der Waals surface area (Å²) in [5.41, 5.74) is 1.01. The van der Waals surface area contributed by atoms with Gasteiger partial charge in [0.2, 0.25) is 15.9 Å². The van der Waals surface area contributed by atoms with Gasteiger partial charge in [0.1, 0.15) is 0 Å². The molecule has 1 aromatic rings. The number of rotatable bonds is 8. The molecule has 2 amide bonds. The first-order chi connectivity index (χ1) is 13.3. The molecule has 0 atom stereocenters. The molecule has 0 aromatic heterocycles. The second-order valence-corrected chi connectivity index (χ2v) is 8.94. The molecule has 2 N–H and O–H groups in total. The van der Waals surface area contributed by atoms with E-state index in [9.17, 15) is 18.0 Å². The van der Waals surface area contributed by atoms with Gasteiger partial charge < -0.3 is 15.1 Å². The second-order valence-electron chi connectivity index (χ2n) is 7.01. The Labute approximate surface area is 167 Å². The maximum atomic E-state index is 12.8. The zero-order valence-electron chi connectivity index (χ0n) is 16.9. The van der Waals surface area contributed by atoms with Crippen molar-refractivity contribution in [3.63, 3.8) is 0 Å². The molecule has 8 nitrogen and oxygen atoms in total. The Balaban J connectivity index is 1.90. The van der Waals surface area contributed by atoms with Crippen LogP contribution >= 0.6 is 0 Å². The minimum atomic E-state index is -3.50. The van der Waals surface area contributed by atoms with Crippen molar-refractivity contribution in [2.24, 2.45) is 0 Å². The van der Waals surface area contributed by atoms with Crippen molar-refractivity contribution in [1.29, 1.82) is 0 Å². The third kappa shape index (κ3) is 5.76. The first kappa shape index (κ1) is 22.3. The van der Waals surface area contributed by atoms with E-state index in [1.54, 1.807) is 24.3 Å². The lowest BCUT2D eigenvalue weighted by Gasteiger charge is -2.32. The van der Waals surface area contributed by atoms with E-state index >= 15 is 0 Å². The summed E-state index contributed by atoms with van der Waals surface area (Å²) < 4.78 is 27.0. The van der Waals surface area contributed by atoms with Crippen LogP contribution in [0.2, 0.25) is 0 Å². The number of nitrogens with zero attached hydrogens (tertiary/aromatic N) is 2. The average Bonchev–Trinajstić information content (AvgIpc) is 2.67. The van der Waals surface area contributed by atoms with Crippen molar-refractivity contribution >= 4 is 21.8 Å². The molecule has 0 aliphatic carbocycles. The lowest BCUT2D eigenvalue weighted by Crippen LogP contribution is -3.15. The molecular weight excluding hydrogens is 380 g/mol. The summed E-state index contributed by atoms with van der Waals surface area (Å²) in [4.78, 5) is 27.1. The number of hydrogen-bond acceptors (Lipinski definition) is 4. The number of amides is 2. The van der Waals surface area contributed by atoms with E-state index in [4.69, 9.17) is 0 Å². The highest BCUT2D eigenvalue weighted by Crippen LogP contribution is 2.16. The minimum absolute atomic E-state index is 0.0599. The summed E-state index contributed by atoms with van der Waals surface area (Å²) in [5.74, 6) is -0.250. The molecule has 1 fully saturated rings. The molecule has 9 heteroatoms. The van der Waals surface area contributed by atoms with Crippen LogP contribution in [0.5, 0.6) is 0 Å². The second kappa shape index (κ2) is 9.99. The van der Waals surface area contributed by atoms with Gasteiger partial charge in [-0.15, -0.1) is 0 Å². The van der Waals surface area contributed by atoms with Crippen LogP contribution in [0.4, 0.5) is 0 Å². The summed E-state index contributed by atoms with van der Waals surface area (Å²) in [6, 6.07) is 6.85. The van der Waals surface area contributed by atoms with Crippen molar-refractivity contribution in [3.05, 3.63) is 29.8 Å². The van der Waals surface area contributed by atoms with Gasteiger partial charge in [-0.2, -0.15) is 4.31 Å². The first-order valence-electron chi connectivity index (χ1n) is 9.72. The summed E-state index contributed by atoms with van der Waals surface area (Å²) in [5, 5.41) is 2.70. The molecule has 28 heavy (non-hydrogen) atoms. The van der Waals surface area contributed by atoms with Gasteiger partial charge in [-0.1, -0.05) is 17.7 Å². The van der Waals surface area contributed by atoms with Crippen LogP contribution in [0, 0.1) is 6.92 Å². The van der Waals surface area contributed by atoms with E-state index in [1.807, 2.05) is 20.8 Å². The van der Waals surface area contributed by atoms with E-state index in [0.29, 0.717) is 44.2 Å². The molecule has 1 aliphatic heterocycles. The predicted molar refractivity (Wildman–Crippen MR) is 106 cm³/mol. The maximum Gasteiger partial charge on any atom is 0.278 e. The number of sulfonamides is 1. The van der Waals surface area contributed by atoms with Gasteiger partial charge in [0, 0.05) is 13.1 Å². The molecule has 1 aromatic carbocycles. The normalized spacial score (nSPS) is 16.0. The third-order valence-corrected chi connectivity index (χ3v) is 6.85. The van der Waals surface area contributed by atoms with Crippen LogP contribution in [-0.4, -0.2) is 81.8 Å². The van der Waals surface area contributed by atoms with Crippen LogP contribution in [-0.2, 0) is 19.6 Å². The molecule has 1 aliphatic rings. The summed E-state index contributed by atoms with van der Waals surface area (Å²) in [7, 11) is -3.50. The van der Waals surface area contributed by atoms with Gasteiger partial charge >= 0.3 is 0 Å². The SMILES string of the molecule is CCNC(=O)CN(CC)C(=O)C[NH+]1CCN(S(=O)(=O)c2ccc(C)cc2)CC1. The molecule has 2 rings (SSSR count). The van der Waals surface area contributed by atoms with E-state index in [1.165, 1.54) is 9.21 Å². The van der Waals surface area contributed by atoms with Crippen molar-refractivity contribution in [2.45, 2.75) is 25.7 Å². The Morgan fingerprint density at radius 1 is 1.14 bits per heavy atom. The number of hydrogen-bond donors (Lipinski definition) is 2. The van der Waals surface area contributed by atoms with Crippen molar-refractivity contribution in [1.82, 2.24) is 14.5 Å². The van der Waals surface area contributed by atoms with Crippen LogP contribution in [0.15, 0.2) is 29.2 Å². The van der Waals surface area contributed by atoms with Gasteiger partial charge in [0.25, 0.3) is 5.91 Å². The highest BCUT2D eigenvalue weighted by Gasteiger charge is 2.31. The highest BCUT2D eigenvalue weighted by molar-refractivity contribution is 7.89. The predicted octanol–water partition coefficient (Wildman–Crippen LogP) is -1.13. The Bertz CT molecular complexity index is 772. The third-order valence-electron chi connectivity index (χ3n) is 4.93. The quantitative estimate of drug-likeness (QED) is 0.566. The van der Waals surface area contributed by atoms with Crippen LogP contribution in [0.25, 0.3) is 0 Å². The largest absolute Gasteiger partial charge is 0.355 e. The van der Waals surface area contributed by atoms with Crippen molar-refractivity contribution in [3.8, 4) is 0 Å². The summed E-state index contributed by atoms with van der Waals surface area (Å²) in [6.45, 7) is 8.82. The number of nitrogens with one attached hydrogen (secondary N) is 2. The Morgan fingerprint density at radius 3 is 2.29 bits per heavy atom. The fourth-order valence-electron chi connectivity index (χ4n) is 3.21. The number of likely N-dealkylation sites (N-methyl/N-ethyl adjacent to an activating group) is 2. The van der Waals surface area contributed by atoms with Gasteiger partial charge in [0.05, 0.1) is 37.6 Å². The monoisotopic (exact) mass is 411 g/mol. The number of carbonyl (C=O) groups excluding carboxylic acids is 2. The highest BCUT2D eigenvalue weighted by atomic mass is 32.2. The summed E-state index contributed by atoms with van der Waals surface area (Å²) >= 11 is 0. The van der Waals surface area contributed by atoms with Crippen molar-refractivity contribution < 1.29 is 22.9 Å². The molecule has 1 heterocycles. The topological polar surface area (TPSA) is 91.2 Å². The molecule has 0 unspecified atom stereocenters. The van der Waals surface area contributed by atoms with Gasteiger partial charge in [0.15, 0.2) is 6.54 Å². The molecule has 0 radical (unpaired) electrons. The zero-order chi connectivity index (χ0) is 20.7. The summed E-state index contributed by atoms with van der Waals surface area (Å²) in [6.07, 6.45) is 0. The van der Waals surface area contributed by atoms with Crippen LogP contribution < -0.4 is 10.2 Å². The molecule has 1 saturated heterocycles. The van der Waals surface area contributed by atoms with E-state index in [0.717, 1.165) is 10.5 Å². The van der Waals surface area contributed by atoms with Crippen LogP contribution in [0.3, 0.4) is 0 Å². The number of quaternary nitrogens is 1.